The molecule has 0 spiro atoms. The monoisotopic (exact) mass is 462 g/mol. The Balaban J connectivity index is 0.000000234. The standard InChI is InChI=1S/C15H23NO.C6H3N3O7/c1-16(2)12-13-8-6-7-11-15(13)17-14-9-4-3-5-10-14;10-6-4(8(13)14)1-3(7(11)12)2-5(6)9(15)16/h3-5,9-10,13,15H,6-8,11-12H2,1-2H3;1-2,10H. The second-order valence-electron chi connectivity index (χ2n) is 7.88. The minimum Gasteiger partial charge on any atom is -0.497 e. The van der Waals surface area contributed by atoms with Crippen molar-refractivity contribution in [2.45, 2.75) is 31.8 Å². The number of ether oxygens (including phenoxy) is 1. The predicted octanol–water partition coefficient (Wildman–Crippen LogP) is 4.30. The molecule has 0 saturated heterocycles. The van der Waals surface area contributed by atoms with Crippen molar-refractivity contribution in [1.82, 2.24) is 4.90 Å². The molecule has 2 aromatic rings. The zero-order valence-electron chi connectivity index (χ0n) is 18.3. The fraction of sp³-hybridized carbons (Fsp3) is 0.429. The Kier molecular flexibility index (Phi) is 9.04. The summed E-state index contributed by atoms with van der Waals surface area (Å²) in [5, 5.41) is 40.2. The van der Waals surface area contributed by atoms with Gasteiger partial charge in [-0.15, -0.1) is 0 Å². The normalized spacial score (nSPS) is 17.5. The third-order valence-corrected chi connectivity index (χ3v) is 5.13. The molecule has 1 aliphatic carbocycles. The molecule has 1 saturated carbocycles. The van der Waals surface area contributed by atoms with Gasteiger partial charge in [0.2, 0.25) is 0 Å². The number of nitro groups is 3. The fourth-order valence-corrected chi connectivity index (χ4v) is 3.65. The van der Waals surface area contributed by atoms with Crippen molar-refractivity contribution in [1.29, 1.82) is 0 Å². The van der Waals surface area contributed by atoms with E-state index in [0.717, 1.165) is 12.3 Å². The largest absolute Gasteiger partial charge is 0.497 e. The van der Waals surface area contributed by atoms with E-state index in [4.69, 9.17) is 9.84 Å². The first-order valence-electron chi connectivity index (χ1n) is 10.3. The highest BCUT2D eigenvalue weighted by atomic mass is 16.6. The smallest absolute Gasteiger partial charge is 0.324 e. The van der Waals surface area contributed by atoms with Crippen LogP contribution in [0.25, 0.3) is 0 Å². The Morgan fingerprint density at radius 3 is 1.97 bits per heavy atom. The number of benzene rings is 2. The molecule has 178 valence electrons. The first-order chi connectivity index (χ1) is 15.6. The zero-order valence-corrected chi connectivity index (χ0v) is 18.3. The molecule has 2 aromatic carbocycles. The summed E-state index contributed by atoms with van der Waals surface area (Å²) < 4.78 is 6.14. The van der Waals surface area contributed by atoms with Crippen LogP contribution in [0.4, 0.5) is 17.1 Å². The zero-order chi connectivity index (χ0) is 24.5. The SMILES string of the molecule is CN(C)CC1CCCCC1Oc1ccccc1.O=[N+]([O-])c1cc([N+](=O)[O-])c(O)c([N+](=O)[O-])c1. The maximum Gasteiger partial charge on any atom is 0.324 e. The second-order valence-corrected chi connectivity index (χ2v) is 7.88. The van der Waals surface area contributed by atoms with Gasteiger partial charge in [-0.3, -0.25) is 30.3 Å². The highest BCUT2D eigenvalue weighted by Crippen LogP contribution is 2.39. The summed E-state index contributed by atoms with van der Waals surface area (Å²) in [6, 6.07) is 11.1. The highest BCUT2D eigenvalue weighted by molar-refractivity contribution is 5.64. The quantitative estimate of drug-likeness (QED) is 0.467. The number of aromatic hydroxyl groups is 1. The van der Waals surface area contributed by atoms with E-state index in [1.54, 1.807) is 0 Å². The highest BCUT2D eigenvalue weighted by Gasteiger charge is 2.30. The molecule has 1 aliphatic rings. The van der Waals surface area contributed by atoms with E-state index >= 15 is 0 Å². The van der Waals surface area contributed by atoms with E-state index in [1.807, 2.05) is 18.2 Å². The van der Waals surface area contributed by atoms with E-state index in [9.17, 15) is 30.3 Å². The molecule has 3 rings (SSSR count). The lowest BCUT2D eigenvalue weighted by molar-refractivity contribution is -0.404. The molecule has 0 amide bonds. The van der Waals surface area contributed by atoms with Crippen LogP contribution in [-0.4, -0.2) is 51.5 Å². The number of phenols is 1. The molecule has 0 aromatic heterocycles. The van der Waals surface area contributed by atoms with Crippen LogP contribution in [0.5, 0.6) is 11.5 Å². The van der Waals surface area contributed by atoms with Crippen LogP contribution in [0.3, 0.4) is 0 Å². The van der Waals surface area contributed by atoms with Crippen molar-refractivity contribution in [3.63, 3.8) is 0 Å². The molecule has 1 N–H and O–H groups in total. The van der Waals surface area contributed by atoms with Crippen LogP contribution < -0.4 is 4.74 Å². The van der Waals surface area contributed by atoms with Crippen LogP contribution in [0.15, 0.2) is 42.5 Å². The number of nitrogens with zero attached hydrogens (tertiary/aromatic N) is 4. The lowest BCUT2D eigenvalue weighted by atomic mass is 9.86. The van der Waals surface area contributed by atoms with Crippen molar-refractivity contribution in [2.24, 2.45) is 5.92 Å². The molecule has 0 aliphatic heterocycles. The third kappa shape index (κ3) is 7.38. The van der Waals surface area contributed by atoms with Crippen LogP contribution in [-0.2, 0) is 0 Å². The van der Waals surface area contributed by atoms with Crippen molar-refractivity contribution in [3.05, 3.63) is 72.8 Å². The Bertz CT molecular complexity index is 948. The average Bonchev–Trinajstić information content (AvgIpc) is 2.75. The Hall–Kier alpha value is -3.80. The van der Waals surface area contributed by atoms with Gasteiger partial charge in [-0.2, -0.15) is 0 Å². The van der Waals surface area contributed by atoms with Gasteiger partial charge in [-0.25, -0.2) is 0 Å². The summed E-state index contributed by atoms with van der Waals surface area (Å²) in [4.78, 5) is 30.0. The lowest BCUT2D eigenvalue weighted by Crippen LogP contribution is -2.37. The van der Waals surface area contributed by atoms with Crippen LogP contribution in [0.2, 0.25) is 0 Å². The molecule has 12 nitrogen and oxygen atoms in total. The maximum absolute atomic E-state index is 10.4. The summed E-state index contributed by atoms with van der Waals surface area (Å²) >= 11 is 0. The summed E-state index contributed by atoms with van der Waals surface area (Å²) in [5.74, 6) is 0.489. The van der Waals surface area contributed by atoms with Gasteiger partial charge in [0.05, 0.1) is 26.9 Å². The molecule has 0 radical (unpaired) electrons. The number of para-hydroxylation sites is 1. The third-order valence-electron chi connectivity index (χ3n) is 5.13. The molecular weight excluding hydrogens is 436 g/mol. The summed E-state index contributed by atoms with van der Waals surface area (Å²) in [5.41, 5.74) is -3.00. The molecular formula is C21H26N4O8. The molecule has 2 unspecified atom stereocenters. The molecule has 0 bridgehead atoms. The Morgan fingerprint density at radius 1 is 0.939 bits per heavy atom. The maximum atomic E-state index is 10.4. The topological polar surface area (TPSA) is 162 Å². The number of rotatable bonds is 7. The average molecular weight is 462 g/mol. The summed E-state index contributed by atoms with van der Waals surface area (Å²) in [7, 11) is 4.29. The molecule has 12 heteroatoms. The van der Waals surface area contributed by atoms with Crippen molar-refractivity contribution in [2.75, 3.05) is 20.6 Å². The van der Waals surface area contributed by atoms with Gasteiger partial charge >= 0.3 is 11.4 Å². The van der Waals surface area contributed by atoms with E-state index in [2.05, 4.69) is 31.1 Å². The minimum atomic E-state index is -1.21. The van der Waals surface area contributed by atoms with E-state index in [1.165, 1.54) is 25.7 Å². The fourth-order valence-electron chi connectivity index (χ4n) is 3.65. The van der Waals surface area contributed by atoms with Gasteiger partial charge in [-0.1, -0.05) is 24.6 Å². The molecule has 2 atom stereocenters. The summed E-state index contributed by atoms with van der Waals surface area (Å²) in [6.45, 7) is 1.14. The van der Waals surface area contributed by atoms with Crippen LogP contribution in [0, 0.1) is 36.3 Å². The van der Waals surface area contributed by atoms with Gasteiger partial charge in [0.25, 0.3) is 11.4 Å². The Labute approximate surface area is 189 Å². The van der Waals surface area contributed by atoms with Gasteiger partial charge in [0.1, 0.15) is 11.9 Å². The second kappa shape index (κ2) is 11.7. The van der Waals surface area contributed by atoms with E-state index < -0.39 is 37.6 Å². The van der Waals surface area contributed by atoms with Crippen LogP contribution in [0.1, 0.15) is 25.7 Å². The van der Waals surface area contributed by atoms with Gasteiger partial charge in [0, 0.05) is 12.5 Å². The lowest BCUT2D eigenvalue weighted by Gasteiger charge is -2.33. The van der Waals surface area contributed by atoms with E-state index in [0.29, 0.717) is 24.2 Å². The first kappa shape index (κ1) is 25.5. The number of nitro benzene ring substituents is 3. The summed E-state index contributed by atoms with van der Waals surface area (Å²) in [6.07, 6.45) is 5.56. The van der Waals surface area contributed by atoms with Crippen molar-refractivity contribution in [3.8, 4) is 11.5 Å². The predicted molar refractivity (Wildman–Crippen MR) is 119 cm³/mol. The molecule has 0 heterocycles. The van der Waals surface area contributed by atoms with Gasteiger partial charge in [0.15, 0.2) is 0 Å². The number of hydrogen-bond acceptors (Lipinski definition) is 9. The number of hydrogen-bond donors (Lipinski definition) is 1. The van der Waals surface area contributed by atoms with Gasteiger partial charge < -0.3 is 14.7 Å². The van der Waals surface area contributed by atoms with Crippen LogP contribution >= 0.6 is 0 Å². The first-order valence-corrected chi connectivity index (χ1v) is 10.3. The molecule has 1 fully saturated rings. The van der Waals surface area contributed by atoms with Crippen molar-refractivity contribution >= 4 is 17.1 Å². The Morgan fingerprint density at radius 2 is 1.48 bits per heavy atom. The number of phenolic OH excluding ortho intramolecular Hbond substituents is 1. The van der Waals surface area contributed by atoms with Gasteiger partial charge in [-0.05, 0) is 45.5 Å². The minimum absolute atomic E-state index is 0.397. The van der Waals surface area contributed by atoms with E-state index in [-0.39, 0.29) is 0 Å². The van der Waals surface area contributed by atoms with Crippen molar-refractivity contribution < 1.29 is 24.6 Å². The molecule has 33 heavy (non-hydrogen) atoms. The number of non-ortho nitro benzene ring substituents is 1.